The number of methoxy groups -OCH3 is 2. The van der Waals surface area contributed by atoms with Gasteiger partial charge < -0.3 is 23.8 Å². The van der Waals surface area contributed by atoms with Crippen LogP contribution in [-0.4, -0.2) is 47.3 Å². The zero-order chi connectivity index (χ0) is 20.3. The van der Waals surface area contributed by atoms with Gasteiger partial charge in [0.1, 0.15) is 19.0 Å². The number of halogens is 1. The molecule has 0 fully saturated rings. The largest absolute Gasteiger partial charge is 0.495 e. The molecule has 2 aromatic carbocycles. The minimum Gasteiger partial charge on any atom is -0.495 e. The summed E-state index contributed by atoms with van der Waals surface area (Å²) in [5.74, 6) is 2.27. The van der Waals surface area contributed by atoms with Crippen molar-refractivity contribution in [3.05, 3.63) is 45.9 Å². The van der Waals surface area contributed by atoms with Crippen LogP contribution in [0.25, 0.3) is 6.08 Å². The minimum atomic E-state index is -0.150. The van der Waals surface area contributed by atoms with Gasteiger partial charge in [0.25, 0.3) is 0 Å². The fourth-order valence-electron chi connectivity index (χ4n) is 2.95. The van der Waals surface area contributed by atoms with Gasteiger partial charge in [0.15, 0.2) is 17.3 Å². The van der Waals surface area contributed by atoms with Crippen molar-refractivity contribution >= 4 is 33.5 Å². The number of anilines is 1. The molecule has 0 radical (unpaired) electrons. The molecule has 0 bridgehead atoms. The summed E-state index contributed by atoms with van der Waals surface area (Å²) in [4.78, 5) is 14.8. The number of benzene rings is 2. The molecule has 1 heterocycles. The van der Waals surface area contributed by atoms with Crippen molar-refractivity contribution in [3.63, 3.8) is 0 Å². The fourth-order valence-corrected chi connectivity index (χ4v) is 3.43. The van der Waals surface area contributed by atoms with Crippen molar-refractivity contribution in [1.82, 2.24) is 0 Å². The number of hydrogen-bond acceptors (Lipinski definition) is 6. The van der Waals surface area contributed by atoms with Gasteiger partial charge in [0.2, 0.25) is 5.75 Å². The highest BCUT2D eigenvalue weighted by atomic mass is 79.9. The van der Waals surface area contributed by atoms with E-state index in [1.807, 2.05) is 31.1 Å². The lowest BCUT2D eigenvalue weighted by Gasteiger charge is -2.21. The number of ketones is 1. The molecule has 0 aliphatic carbocycles. The van der Waals surface area contributed by atoms with Gasteiger partial charge in [-0.15, -0.1) is 0 Å². The number of rotatable bonds is 6. The van der Waals surface area contributed by atoms with Crippen LogP contribution in [0, 0.1) is 0 Å². The van der Waals surface area contributed by atoms with Crippen LogP contribution in [0.5, 0.6) is 23.0 Å². The van der Waals surface area contributed by atoms with E-state index in [0.717, 1.165) is 5.69 Å². The number of nitrogens with zero attached hydrogens (tertiary/aromatic N) is 1. The normalized spacial score (nSPS) is 13.1. The topological polar surface area (TPSA) is 57.2 Å². The van der Waals surface area contributed by atoms with E-state index in [1.165, 1.54) is 0 Å². The summed E-state index contributed by atoms with van der Waals surface area (Å²) in [6.45, 7) is 0.953. The number of carbonyl (C=O) groups is 1. The summed E-state index contributed by atoms with van der Waals surface area (Å²) >= 11 is 3.41. The highest BCUT2D eigenvalue weighted by Gasteiger charge is 2.21. The van der Waals surface area contributed by atoms with Crippen molar-refractivity contribution in [2.45, 2.75) is 0 Å². The zero-order valence-corrected chi connectivity index (χ0v) is 17.8. The first-order valence-corrected chi connectivity index (χ1v) is 9.49. The third-order valence-electron chi connectivity index (χ3n) is 4.32. The Morgan fingerprint density at radius 2 is 1.86 bits per heavy atom. The van der Waals surface area contributed by atoms with Crippen molar-refractivity contribution in [1.29, 1.82) is 0 Å². The maximum atomic E-state index is 12.9. The van der Waals surface area contributed by atoms with Gasteiger partial charge in [-0.1, -0.05) is 0 Å². The van der Waals surface area contributed by atoms with Crippen LogP contribution in [0.4, 0.5) is 5.69 Å². The predicted molar refractivity (Wildman–Crippen MR) is 113 cm³/mol. The van der Waals surface area contributed by atoms with Gasteiger partial charge in [-0.2, -0.15) is 0 Å². The minimum absolute atomic E-state index is 0.150. The summed E-state index contributed by atoms with van der Waals surface area (Å²) in [6, 6.07) is 8.97. The Hall–Kier alpha value is -2.67. The third kappa shape index (κ3) is 3.94. The van der Waals surface area contributed by atoms with E-state index in [1.54, 1.807) is 38.5 Å². The molecular weight excluding hydrogens is 426 g/mol. The summed E-state index contributed by atoms with van der Waals surface area (Å²) in [7, 11) is 6.97. The second-order valence-corrected chi connectivity index (χ2v) is 7.17. The van der Waals surface area contributed by atoms with Crippen molar-refractivity contribution in [3.8, 4) is 23.0 Å². The van der Waals surface area contributed by atoms with Crippen LogP contribution < -0.4 is 23.8 Å². The maximum Gasteiger partial charge on any atom is 0.204 e. The Balaban J connectivity index is 1.96. The molecule has 6 nitrogen and oxygen atoms in total. The Bertz CT molecular complexity index is 923. The van der Waals surface area contributed by atoms with Crippen molar-refractivity contribution in [2.24, 2.45) is 0 Å². The molecule has 0 N–H and O–H groups in total. The first-order chi connectivity index (χ1) is 13.5. The van der Waals surface area contributed by atoms with Crippen LogP contribution in [-0.2, 0) is 0 Å². The first-order valence-electron chi connectivity index (χ1n) is 8.70. The van der Waals surface area contributed by atoms with Crippen LogP contribution >= 0.6 is 15.9 Å². The highest BCUT2D eigenvalue weighted by Crippen LogP contribution is 2.43. The maximum absolute atomic E-state index is 12.9. The van der Waals surface area contributed by atoms with Gasteiger partial charge in [-0.05, 0) is 52.3 Å². The summed E-state index contributed by atoms with van der Waals surface area (Å²) in [5, 5.41) is 0. The molecule has 148 valence electrons. The number of fused-ring (bicyclic) bond motifs is 1. The molecular formula is C21H22BrNO5. The molecule has 28 heavy (non-hydrogen) atoms. The molecule has 1 aliphatic heterocycles. The molecule has 0 spiro atoms. The number of Topliss-reactive ketones (excluding diaryl/α,β-unsaturated/α-hetero) is 1. The van der Waals surface area contributed by atoms with Gasteiger partial charge in [-0.25, -0.2) is 0 Å². The van der Waals surface area contributed by atoms with E-state index in [-0.39, 0.29) is 5.78 Å². The van der Waals surface area contributed by atoms with E-state index in [2.05, 4.69) is 15.9 Å². The lowest BCUT2D eigenvalue weighted by Crippen LogP contribution is -2.16. The SMILES string of the molecule is COc1ccc(C(=O)/C(Br)=C\c2ccc3c(c2OC)OCCO3)cc1N(C)C. The molecule has 0 atom stereocenters. The van der Waals surface area contributed by atoms with E-state index in [4.69, 9.17) is 18.9 Å². The predicted octanol–water partition coefficient (Wildman–Crippen LogP) is 4.16. The molecule has 7 heteroatoms. The average Bonchev–Trinajstić information content (AvgIpc) is 2.72. The standard InChI is InChI=1S/C21H22BrNO5/c1-23(2)16-12-13(5-7-17(16)25-3)19(24)15(22)11-14-6-8-18-21(20(14)26-4)28-10-9-27-18/h5-8,11-12H,9-10H2,1-4H3/b15-11+. The number of allylic oxidation sites excluding steroid dienone is 1. The lowest BCUT2D eigenvalue weighted by molar-refractivity contribution is 0.104. The Morgan fingerprint density at radius 1 is 1.11 bits per heavy atom. The van der Waals surface area contributed by atoms with Gasteiger partial charge >= 0.3 is 0 Å². The van der Waals surface area contributed by atoms with E-state index in [0.29, 0.717) is 51.8 Å². The molecule has 3 rings (SSSR count). The fraction of sp³-hybridized carbons (Fsp3) is 0.286. The summed E-state index contributed by atoms with van der Waals surface area (Å²) in [5.41, 5.74) is 2.09. The van der Waals surface area contributed by atoms with Crippen molar-refractivity contribution < 1.29 is 23.7 Å². The van der Waals surface area contributed by atoms with Crippen LogP contribution in [0.1, 0.15) is 15.9 Å². The number of hydrogen-bond donors (Lipinski definition) is 0. The Kier molecular flexibility index (Phi) is 6.14. The monoisotopic (exact) mass is 447 g/mol. The molecule has 0 unspecified atom stereocenters. The second kappa shape index (κ2) is 8.56. The van der Waals surface area contributed by atoms with E-state index in [9.17, 15) is 4.79 Å². The Morgan fingerprint density at radius 3 is 2.54 bits per heavy atom. The van der Waals surface area contributed by atoms with Crippen LogP contribution in [0.15, 0.2) is 34.8 Å². The molecule has 0 saturated heterocycles. The molecule has 0 aromatic heterocycles. The molecule has 0 saturated carbocycles. The van der Waals surface area contributed by atoms with Crippen LogP contribution in [0.2, 0.25) is 0 Å². The average molecular weight is 448 g/mol. The van der Waals surface area contributed by atoms with Gasteiger partial charge in [-0.3, -0.25) is 4.79 Å². The quantitative estimate of drug-likeness (QED) is 0.489. The first kappa shape index (κ1) is 20.1. The van der Waals surface area contributed by atoms with E-state index >= 15 is 0 Å². The van der Waals surface area contributed by atoms with Gasteiger partial charge in [0.05, 0.1) is 24.4 Å². The Labute approximate surface area is 172 Å². The zero-order valence-electron chi connectivity index (χ0n) is 16.2. The van der Waals surface area contributed by atoms with Crippen LogP contribution in [0.3, 0.4) is 0 Å². The number of carbonyl (C=O) groups excluding carboxylic acids is 1. The second-order valence-electron chi connectivity index (χ2n) is 6.31. The molecule has 2 aromatic rings. The summed E-state index contributed by atoms with van der Waals surface area (Å²) < 4.78 is 22.5. The molecule has 1 aliphatic rings. The third-order valence-corrected chi connectivity index (χ3v) is 4.91. The number of ether oxygens (including phenoxy) is 4. The van der Waals surface area contributed by atoms with E-state index < -0.39 is 0 Å². The van der Waals surface area contributed by atoms with Crippen molar-refractivity contribution in [2.75, 3.05) is 46.4 Å². The molecule has 0 amide bonds. The van der Waals surface area contributed by atoms with Gasteiger partial charge in [0, 0.05) is 25.2 Å². The summed E-state index contributed by atoms with van der Waals surface area (Å²) in [6.07, 6.45) is 1.72. The smallest absolute Gasteiger partial charge is 0.204 e. The highest BCUT2D eigenvalue weighted by molar-refractivity contribution is 9.12. The lowest BCUT2D eigenvalue weighted by atomic mass is 10.1.